The molecule has 0 aliphatic heterocycles. The zero-order valence-corrected chi connectivity index (χ0v) is 13.8. The lowest BCUT2D eigenvalue weighted by Crippen LogP contribution is -2.15. The zero-order chi connectivity index (χ0) is 19.6. The van der Waals surface area contributed by atoms with Crippen molar-refractivity contribution in [3.8, 4) is 11.4 Å². The number of nitrogens with one attached hydrogen (secondary N) is 1. The molecule has 10 heteroatoms. The first-order chi connectivity index (χ1) is 12.8. The van der Waals surface area contributed by atoms with Gasteiger partial charge in [0.1, 0.15) is 17.4 Å². The van der Waals surface area contributed by atoms with Gasteiger partial charge < -0.3 is 10.1 Å². The lowest BCUT2D eigenvalue weighted by atomic mass is 10.2. The maximum Gasteiger partial charge on any atom is 0.387 e. The van der Waals surface area contributed by atoms with Gasteiger partial charge in [-0.15, -0.1) is 5.10 Å². The van der Waals surface area contributed by atoms with Gasteiger partial charge in [0.2, 0.25) is 0 Å². The molecule has 27 heavy (non-hydrogen) atoms. The molecule has 0 radical (unpaired) electrons. The van der Waals surface area contributed by atoms with Crippen molar-refractivity contribution in [3.05, 3.63) is 65.5 Å². The van der Waals surface area contributed by atoms with Crippen molar-refractivity contribution < 1.29 is 27.1 Å². The molecule has 1 amide bonds. The van der Waals surface area contributed by atoms with E-state index < -0.39 is 24.2 Å². The molecule has 1 aromatic heterocycles. The van der Waals surface area contributed by atoms with E-state index in [-0.39, 0.29) is 17.1 Å². The minimum atomic E-state index is -2.94. The van der Waals surface area contributed by atoms with Crippen LogP contribution < -0.4 is 10.1 Å². The Morgan fingerprint density at radius 2 is 1.85 bits per heavy atom. The minimum Gasteiger partial charge on any atom is -0.435 e. The topological polar surface area (TPSA) is 69.0 Å². The molecule has 0 atom stereocenters. The molecule has 2 aromatic carbocycles. The fraction of sp³-hybridized carbons (Fsp3) is 0.118. The Balaban J connectivity index is 1.82. The van der Waals surface area contributed by atoms with Crippen molar-refractivity contribution in [2.24, 2.45) is 0 Å². The summed E-state index contributed by atoms with van der Waals surface area (Å²) in [5.74, 6) is -2.32. The Bertz CT molecular complexity index is 974. The summed E-state index contributed by atoms with van der Waals surface area (Å²) in [6.45, 7) is -1.40. The third kappa shape index (κ3) is 4.05. The van der Waals surface area contributed by atoms with Gasteiger partial charge in [-0.1, -0.05) is 5.21 Å². The normalized spacial score (nSPS) is 10.9. The van der Waals surface area contributed by atoms with Crippen LogP contribution in [0.4, 0.5) is 23.2 Å². The van der Waals surface area contributed by atoms with Crippen molar-refractivity contribution in [2.45, 2.75) is 13.5 Å². The second-order valence-corrected chi connectivity index (χ2v) is 5.39. The number of amides is 1. The molecule has 6 nitrogen and oxygen atoms in total. The van der Waals surface area contributed by atoms with E-state index in [1.165, 1.54) is 28.9 Å². The third-order valence-corrected chi connectivity index (χ3v) is 3.59. The molecule has 0 aliphatic carbocycles. The van der Waals surface area contributed by atoms with E-state index in [9.17, 15) is 22.4 Å². The van der Waals surface area contributed by atoms with Crippen molar-refractivity contribution >= 4 is 11.6 Å². The molecule has 140 valence electrons. The first kappa shape index (κ1) is 18.4. The summed E-state index contributed by atoms with van der Waals surface area (Å²) in [5, 5.41) is 9.80. The maximum absolute atomic E-state index is 13.7. The number of alkyl halides is 2. The fourth-order valence-corrected chi connectivity index (χ4v) is 2.33. The van der Waals surface area contributed by atoms with Gasteiger partial charge in [-0.3, -0.25) is 4.79 Å². The van der Waals surface area contributed by atoms with Gasteiger partial charge in [-0.05, 0) is 43.3 Å². The van der Waals surface area contributed by atoms with Crippen LogP contribution >= 0.6 is 0 Å². The Morgan fingerprint density at radius 3 is 2.52 bits per heavy atom. The Kier molecular flexibility index (Phi) is 5.06. The van der Waals surface area contributed by atoms with Gasteiger partial charge in [0.25, 0.3) is 5.91 Å². The molecule has 0 spiro atoms. The summed E-state index contributed by atoms with van der Waals surface area (Å²) in [6, 6.07) is 8.18. The van der Waals surface area contributed by atoms with E-state index in [4.69, 9.17) is 0 Å². The summed E-state index contributed by atoms with van der Waals surface area (Å²) in [5.41, 5.74) is 0.318. The van der Waals surface area contributed by atoms with Gasteiger partial charge in [0, 0.05) is 6.07 Å². The monoisotopic (exact) mass is 380 g/mol. The number of ether oxygens (including phenoxy) is 1. The van der Waals surface area contributed by atoms with Crippen LogP contribution in [-0.4, -0.2) is 27.5 Å². The number of hydrogen-bond donors (Lipinski definition) is 1. The standard InChI is InChI=1S/C17H12F4N4O2/c1-9-15(16(26)22-14-8-10(18)2-7-13(14)19)23-24-25(9)11-3-5-12(6-4-11)27-17(20)21/h2-8,17H,1H3,(H,22,26). The predicted molar refractivity (Wildman–Crippen MR) is 87.0 cm³/mol. The van der Waals surface area contributed by atoms with Gasteiger partial charge in [0.15, 0.2) is 5.69 Å². The highest BCUT2D eigenvalue weighted by Gasteiger charge is 2.19. The largest absolute Gasteiger partial charge is 0.435 e. The number of carbonyl (C=O) groups excluding carboxylic acids is 1. The molecule has 1 heterocycles. The van der Waals surface area contributed by atoms with Crippen LogP contribution in [0.15, 0.2) is 42.5 Å². The van der Waals surface area contributed by atoms with Crippen LogP contribution in [0, 0.1) is 18.6 Å². The van der Waals surface area contributed by atoms with Crippen LogP contribution in [0.25, 0.3) is 5.69 Å². The van der Waals surface area contributed by atoms with Crippen LogP contribution in [0.2, 0.25) is 0 Å². The first-order valence-corrected chi connectivity index (χ1v) is 7.59. The number of hydrogen-bond acceptors (Lipinski definition) is 4. The molecule has 0 unspecified atom stereocenters. The van der Waals surface area contributed by atoms with Crippen molar-refractivity contribution in [1.29, 1.82) is 0 Å². The molecule has 3 rings (SSSR count). The van der Waals surface area contributed by atoms with Crippen LogP contribution in [0.5, 0.6) is 5.75 Å². The lowest BCUT2D eigenvalue weighted by molar-refractivity contribution is -0.0498. The van der Waals surface area contributed by atoms with E-state index in [0.29, 0.717) is 11.4 Å². The molecule has 0 saturated carbocycles. The number of nitrogens with zero attached hydrogens (tertiary/aromatic N) is 3. The van der Waals surface area contributed by atoms with E-state index in [2.05, 4.69) is 20.4 Å². The molecule has 3 aromatic rings. The van der Waals surface area contributed by atoms with Crippen molar-refractivity contribution in [1.82, 2.24) is 15.0 Å². The average Bonchev–Trinajstić information content (AvgIpc) is 3.00. The summed E-state index contributed by atoms with van der Waals surface area (Å²) in [7, 11) is 0. The summed E-state index contributed by atoms with van der Waals surface area (Å²) >= 11 is 0. The van der Waals surface area contributed by atoms with E-state index >= 15 is 0 Å². The SMILES string of the molecule is Cc1c(C(=O)Nc2cc(F)ccc2F)nnn1-c1ccc(OC(F)F)cc1. The number of carbonyl (C=O) groups is 1. The fourth-order valence-electron chi connectivity index (χ4n) is 2.33. The number of anilines is 1. The quantitative estimate of drug-likeness (QED) is 0.686. The molecular weight excluding hydrogens is 368 g/mol. The van der Waals surface area contributed by atoms with Gasteiger partial charge >= 0.3 is 6.61 Å². The van der Waals surface area contributed by atoms with E-state index in [0.717, 1.165) is 18.2 Å². The van der Waals surface area contributed by atoms with Gasteiger partial charge in [-0.2, -0.15) is 8.78 Å². The molecule has 0 saturated heterocycles. The molecule has 0 aliphatic rings. The number of benzene rings is 2. The third-order valence-electron chi connectivity index (χ3n) is 3.59. The highest BCUT2D eigenvalue weighted by atomic mass is 19.3. The van der Waals surface area contributed by atoms with Crippen LogP contribution in [-0.2, 0) is 0 Å². The average molecular weight is 380 g/mol. The minimum absolute atomic E-state index is 0.0361. The second kappa shape index (κ2) is 7.44. The number of rotatable bonds is 5. The Labute approximate surface area is 150 Å². The highest BCUT2D eigenvalue weighted by Crippen LogP contribution is 2.20. The molecule has 1 N–H and O–H groups in total. The van der Waals surface area contributed by atoms with E-state index in [1.807, 2.05) is 0 Å². The Morgan fingerprint density at radius 1 is 1.15 bits per heavy atom. The highest BCUT2D eigenvalue weighted by molar-refractivity contribution is 6.03. The van der Waals surface area contributed by atoms with Crippen molar-refractivity contribution in [3.63, 3.8) is 0 Å². The molecular formula is C17H12F4N4O2. The Hall–Kier alpha value is -3.43. The smallest absolute Gasteiger partial charge is 0.387 e. The second-order valence-electron chi connectivity index (χ2n) is 5.39. The number of halogens is 4. The van der Waals surface area contributed by atoms with Gasteiger partial charge in [-0.25, -0.2) is 13.5 Å². The zero-order valence-electron chi connectivity index (χ0n) is 13.8. The predicted octanol–water partition coefficient (Wildman–Crippen LogP) is 3.71. The summed E-state index contributed by atoms with van der Waals surface area (Å²) in [4.78, 5) is 12.3. The van der Waals surface area contributed by atoms with Crippen LogP contribution in [0.3, 0.4) is 0 Å². The first-order valence-electron chi connectivity index (χ1n) is 7.59. The molecule has 0 fully saturated rings. The summed E-state index contributed by atoms with van der Waals surface area (Å²) in [6.07, 6.45) is 0. The lowest BCUT2D eigenvalue weighted by Gasteiger charge is -2.07. The number of aromatic nitrogens is 3. The molecule has 0 bridgehead atoms. The van der Waals surface area contributed by atoms with Crippen LogP contribution in [0.1, 0.15) is 16.2 Å². The van der Waals surface area contributed by atoms with Gasteiger partial charge in [0.05, 0.1) is 17.1 Å². The maximum atomic E-state index is 13.7. The van der Waals surface area contributed by atoms with E-state index in [1.54, 1.807) is 6.92 Å². The summed E-state index contributed by atoms with van der Waals surface area (Å²) < 4.78 is 56.8. The van der Waals surface area contributed by atoms with Crippen molar-refractivity contribution in [2.75, 3.05) is 5.32 Å².